The zero-order valence-corrected chi connectivity index (χ0v) is 12.1. The van der Waals surface area contributed by atoms with Crippen molar-refractivity contribution in [1.29, 1.82) is 0 Å². The molecule has 0 aromatic heterocycles. The van der Waals surface area contributed by atoms with Gasteiger partial charge in [-0.1, -0.05) is 12.2 Å². The quantitative estimate of drug-likeness (QED) is 0.809. The van der Waals surface area contributed by atoms with Gasteiger partial charge in [0, 0.05) is 11.8 Å². The molecule has 7 heteroatoms. The number of ether oxygens (including phenoxy) is 3. The number of rotatable bonds is 3. The molecule has 0 saturated carbocycles. The fourth-order valence-electron chi connectivity index (χ4n) is 3.26. The lowest BCUT2D eigenvalue weighted by atomic mass is 9.82. The highest BCUT2D eigenvalue weighted by Gasteiger charge is 2.53. The van der Waals surface area contributed by atoms with Crippen LogP contribution in [0.4, 0.5) is 5.69 Å². The first-order valence-electron chi connectivity index (χ1n) is 7.40. The zero-order valence-electron chi connectivity index (χ0n) is 12.1. The molecule has 3 aliphatic rings. The smallest absolute Gasteiger partial charge is 0.310 e. The molecule has 1 aromatic carbocycles. The summed E-state index contributed by atoms with van der Waals surface area (Å²) in [4.78, 5) is 23.9. The molecule has 3 aliphatic heterocycles. The number of hydrogen-bond donors (Lipinski definition) is 2. The molecule has 1 aromatic rings. The number of hydrogen-bond acceptors (Lipinski definition) is 5. The average Bonchev–Trinajstić information content (AvgIpc) is 3.15. The molecular formula is C16H15NO6. The van der Waals surface area contributed by atoms with Crippen LogP contribution in [0.3, 0.4) is 0 Å². The second-order valence-corrected chi connectivity index (χ2v) is 5.69. The molecule has 1 fully saturated rings. The summed E-state index contributed by atoms with van der Waals surface area (Å²) >= 11 is 0. The molecular weight excluding hydrogens is 302 g/mol. The van der Waals surface area contributed by atoms with Crippen molar-refractivity contribution in [2.75, 3.05) is 18.5 Å². The third-order valence-corrected chi connectivity index (χ3v) is 4.30. The van der Waals surface area contributed by atoms with E-state index in [-0.39, 0.29) is 5.91 Å². The summed E-state index contributed by atoms with van der Waals surface area (Å²) in [6.07, 6.45) is 2.43. The van der Waals surface area contributed by atoms with Crippen LogP contribution in [0.1, 0.15) is 0 Å². The first kappa shape index (κ1) is 14.1. The molecule has 3 heterocycles. The first-order chi connectivity index (χ1) is 11.1. The summed E-state index contributed by atoms with van der Waals surface area (Å²) in [6, 6.07) is 5.09. The van der Waals surface area contributed by atoms with E-state index in [2.05, 4.69) is 5.32 Å². The molecule has 1 amide bonds. The molecule has 7 nitrogen and oxygen atoms in total. The number of amides is 1. The van der Waals surface area contributed by atoms with Gasteiger partial charge in [0.2, 0.25) is 5.91 Å². The van der Waals surface area contributed by atoms with Gasteiger partial charge in [-0.05, 0) is 12.1 Å². The third kappa shape index (κ3) is 2.33. The Balaban J connectivity index is 1.54. The fourth-order valence-corrected chi connectivity index (χ4v) is 3.26. The summed E-state index contributed by atoms with van der Waals surface area (Å²) in [7, 11) is 0. The van der Waals surface area contributed by atoms with Gasteiger partial charge in [-0.15, -0.1) is 0 Å². The van der Waals surface area contributed by atoms with Gasteiger partial charge in [0.25, 0.3) is 0 Å². The number of aliphatic carboxylic acids is 1. The molecule has 0 aliphatic carbocycles. The van der Waals surface area contributed by atoms with E-state index in [1.54, 1.807) is 30.4 Å². The van der Waals surface area contributed by atoms with Gasteiger partial charge in [0.05, 0.1) is 18.1 Å². The molecule has 0 spiro atoms. The highest BCUT2D eigenvalue weighted by Crippen LogP contribution is 2.40. The van der Waals surface area contributed by atoms with E-state index < -0.39 is 30.0 Å². The minimum absolute atomic E-state index is 0.370. The Morgan fingerprint density at radius 1 is 1.04 bits per heavy atom. The lowest BCUT2D eigenvalue weighted by Crippen LogP contribution is -2.39. The van der Waals surface area contributed by atoms with Crippen molar-refractivity contribution in [3.63, 3.8) is 0 Å². The van der Waals surface area contributed by atoms with Crippen LogP contribution >= 0.6 is 0 Å². The van der Waals surface area contributed by atoms with Crippen molar-refractivity contribution in [3.05, 3.63) is 30.4 Å². The maximum atomic E-state index is 12.5. The minimum Gasteiger partial charge on any atom is -0.486 e. The lowest BCUT2D eigenvalue weighted by Gasteiger charge is -2.22. The van der Waals surface area contributed by atoms with Crippen LogP contribution in [0.5, 0.6) is 11.5 Å². The van der Waals surface area contributed by atoms with Crippen LogP contribution in [0, 0.1) is 11.8 Å². The van der Waals surface area contributed by atoms with Crippen LogP contribution in [0.25, 0.3) is 0 Å². The van der Waals surface area contributed by atoms with Crippen LogP contribution < -0.4 is 14.8 Å². The molecule has 4 atom stereocenters. The van der Waals surface area contributed by atoms with Gasteiger partial charge in [-0.25, -0.2) is 0 Å². The van der Waals surface area contributed by atoms with Crippen LogP contribution in [-0.2, 0) is 14.3 Å². The topological polar surface area (TPSA) is 94.1 Å². The molecule has 23 heavy (non-hydrogen) atoms. The molecule has 120 valence electrons. The molecule has 2 bridgehead atoms. The molecule has 0 radical (unpaired) electrons. The Bertz CT molecular complexity index is 700. The number of nitrogens with one attached hydrogen (secondary N) is 1. The number of fused-ring (bicyclic) bond motifs is 3. The highest BCUT2D eigenvalue weighted by atomic mass is 16.6. The molecule has 4 rings (SSSR count). The van der Waals surface area contributed by atoms with E-state index in [4.69, 9.17) is 14.2 Å². The van der Waals surface area contributed by atoms with Crippen molar-refractivity contribution in [1.82, 2.24) is 0 Å². The first-order valence-corrected chi connectivity index (χ1v) is 7.40. The fraction of sp³-hybridized carbons (Fsp3) is 0.375. The minimum atomic E-state index is -1.02. The second-order valence-electron chi connectivity index (χ2n) is 5.69. The van der Waals surface area contributed by atoms with E-state index in [0.29, 0.717) is 30.4 Å². The molecule has 2 N–H and O–H groups in total. The number of carbonyl (C=O) groups is 2. The van der Waals surface area contributed by atoms with E-state index in [1.165, 1.54) is 0 Å². The number of anilines is 1. The predicted octanol–water partition coefficient (Wildman–Crippen LogP) is 1.05. The van der Waals surface area contributed by atoms with E-state index >= 15 is 0 Å². The maximum absolute atomic E-state index is 12.5. The van der Waals surface area contributed by atoms with Gasteiger partial charge in [0.1, 0.15) is 19.1 Å². The van der Waals surface area contributed by atoms with Gasteiger partial charge in [-0.2, -0.15) is 0 Å². The number of benzene rings is 1. The van der Waals surface area contributed by atoms with Gasteiger partial charge < -0.3 is 24.6 Å². The van der Waals surface area contributed by atoms with Crippen molar-refractivity contribution in [2.45, 2.75) is 12.2 Å². The van der Waals surface area contributed by atoms with Crippen molar-refractivity contribution >= 4 is 17.6 Å². The van der Waals surface area contributed by atoms with Gasteiger partial charge in [0.15, 0.2) is 11.5 Å². The Hall–Kier alpha value is -2.54. The summed E-state index contributed by atoms with van der Waals surface area (Å²) in [5, 5.41) is 12.1. The van der Waals surface area contributed by atoms with Crippen LogP contribution in [0.2, 0.25) is 0 Å². The summed E-state index contributed by atoms with van der Waals surface area (Å²) in [5.74, 6) is -1.80. The Labute approximate surface area is 131 Å². The van der Waals surface area contributed by atoms with E-state index in [0.717, 1.165) is 0 Å². The molecule has 1 saturated heterocycles. The Morgan fingerprint density at radius 2 is 1.74 bits per heavy atom. The summed E-state index contributed by atoms with van der Waals surface area (Å²) < 4.78 is 16.4. The Morgan fingerprint density at radius 3 is 2.48 bits per heavy atom. The number of carboxylic acid groups (broad SMARTS) is 1. The monoisotopic (exact) mass is 317 g/mol. The maximum Gasteiger partial charge on any atom is 0.310 e. The summed E-state index contributed by atoms with van der Waals surface area (Å²) in [5.41, 5.74) is 0.537. The zero-order chi connectivity index (χ0) is 16.0. The highest BCUT2D eigenvalue weighted by molar-refractivity contribution is 5.96. The van der Waals surface area contributed by atoms with Crippen molar-refractivity contribution in [3.8, 4) is 11.5 Å². The van der Waals surface area contributed by atoms with Crippen molar-refractivity contribution < 1.29 is 28.9 Å². The van der Waals surface area contributed by atoms with E-state index in [1.807, 2.05) is 0 Å². The van der Waals surface area contributed by atoms with E-state index in [9.17, 15) is 14.7 Å². The average molecular weight is 317 g/mol. The third-order valence-electron chi connectivity index (χ3n) is 4.30. The summed E-state index contributed by atoms with van der Waals surface area (Å²) in [6.45, 7) is 0.949. The lowest BCUT2D eigenvalue weighted by molar-refractivity contribution is -0.145. The number of carbonyl (C=O) groups excluding carboxylic acids is 1. The number of carboxylic acids is 1. The largest absolute Gasteiger partial charge is 0.486 e. The van der Waals surface area contributed by atoms with Gasteiger partial charge >= 0.3 is 5.97 Å². The predicted molar refractivity (Wildman–Crippen MR) is 78.5 cm³/mol. The Kier molecular flexibility index (Phi) is 3.23. The normalized spacial score (nSPS) is 30.3. The van der Waals surface area contributed by atoms with Crippen molar-refractivity contribution in [2.24, 2.45) is 11.8 Å². The standard InChI is InChI=1S/C16H15NO6/c18-15(13-10-3-4-11(23-10)14(13)16(19)20)17-8-1-2-9-12(7-8)22-6-5-21-9/h1-4,7,10-11,13-14H,5-6H2,(H,17,18)(H,19,20)/t10-,11-,13+,14-/m0/s1. The van der Waals surface area contributed by atoms with Crippen LogP contribution in [0.15, 0.2) is 30.4 Å². The van der Waals surface area contributed by atoms with Gasteiger partial charge in [-0.3, -0.25) is 9.59 Å². The SMILES string of the molecule is O=C(O)[C@@H]1[C@H](C(=O)Nc2ccc3c(c2)OCCO3)[C@@H]2C=C[C@@H]1O2. The van der Waals surface area contributed by atoms with Crippen LogP contribution in [-0.4, -0.2) is 42.4 Å². The second kappa shape index (κ2) is 5.27. The molecule has 0 unspecified atom stereocenters.